The van der Waals surface area contributed by atoms with Gasteiger partial charge in [-0.1, -0.05) is 12.1 Å². The predicted octanol–water partition coefficient (Wildman–Crippen LogP) is 2.49. The number of aryl methyl sites for hydroxylation is 1. The van der Waals surface area contributed by atoms with Crippen LogP contribution in [0, 0.1) is 0 Å². The first kappa shape index (κ1) is 16.4. The topological polar surface area (TPSA) is 52.4 Å². The lowest BCUT2D eigenvalue weighted by atomic mass is 9.97. The van der Waals surface area contributed by atoms with E-state index in [0.29, 0.717) is 12.5 Å². The molecule has 0 saturated carbocycles. The Morgan fingerprint density at radius 1 is 1.12 bits per heavy atom. The highest BCUT2D eigenvalue weighted by Gasteiger charge is 2.28. The summed E-state index contributed by atoms with van der Waals surface area (Å²) in [5.41, 5.74) is 0. The van der Waals surface area contributed by atoms with Crippen LogP contribution in [0.1, 0.15) is 36.8 Å². The van der Waals surface area contributed by atoms with Gasteiger partial charge in [-0.3, -0.25) is 4.90 Å². The van der Waals surface area contributed by atoms with Crippen LogP contribution in [0.25, 0.3) is 0 Å². The van der Waals surface area contributed by atoms with Gasteiger partial charge in [-0.05, 0) is 37.9 Å². The third-order valence-electron chi connectivity index (χ3n) is 5.24. The Morgan fingerprint density at radius 3 is 2.88 bits per heavy atom. The third-order valence-corrected chi connectivity index (χ3v) is 5.24. The summed E-state index contributed by atoms with van der Waals surface area (Å²) in [6.45, 7) is 4.87. The molecular weight excluding hydrogens is 316 g/mol. The van der Waals surface area contributed by atoms with Crippen molar-refractivity contribution in [2.75, 3.05) is 33.4 Å². The standard InChI is InChI=1S/C19H26N4O2/c1-24-16-7-2-3-8-17(16)25-13-12-22-10-4-6-15(14-22)19-21-20-18-9-5-11-23(18)19/h2-3,7-8,15H,4-6,9-14H2,1H3/t15-/m1/s1. The van der Waals surface area contributed by atoms with E-state index in [1.807, 2.05) is 24.3 Å². The molecule has 0 aliphatic carbocycles. The quantitative estimate of drug-likeness (QED) is 0.807. The van der Waals surface area contributed by atoms with E-state index in [1.54, 1.807) is 7.11 Å². The molecule has 1 atom stereocenters. The van der Waals surface area contributed by atoms with Crippen LogP contribution in [0.5, 0.6) is 11.5 Å². The van der Waals surface area contributed by atoms with Crippen molar-refractivity contribution in [2.45, 2.75) is 38.1 Å². The summed E-state index contributed by atoms with van der Waals surface area (Å²) >= 11 is 0. The number of aromatic nitrogens is 3. The van der Waals surface area contributed by atoms with Crippen molar-refractivity contribution in [2.24, 2.45) is 0 Å². The molecule has 0 amide bonds. The highest BCUT2D eigenvalue weighted by Crippen LogP contribution is 2.29. The number of piperidine rings is 1. The van der Waals surface area contributed by atoms with Crippen LogP contribution < -0.4 is 9.47 Å². The van der Waals surface area contributed by atoms with Gasteiger partial charge in [-0.15, -0.1) is 10.2 Å². The van der Waals surface area contributed by atoms with Gasteiger partial charge in [0.05, 0.1) is 7.11 Å². The number of ether oxygens (including phenoxy) is 2. The molecule has 1 aromatic carbocycles. The number of hydrogen-bond acceptors (Lipinski definition) is 5. The molecule has 6 heteroatoms. The molecule has 0 N–H and O–H groups in total. The molecule has 0 unspecified atom stereocenters. The van der Waals surface area contributed by atoms with Gasteiger partial charge in [0.1, 0.15) is 18.3 Å². The first-order valence-corrected chi connectivity index (χ1v) is 9.25. The molecule has 2 aliphatic rings. The van der Waals surface area contributed by atoms with Gasteiger partial charge in [-0.25, -0.2) is 0 Å². The van der Waals surface area contributed by atoms with Crippen LogP contribution in [0.15, 0.2) is 24.3 Å². The summed E-state index contributed by atoms with van der Waals surface area (Å²) in [5.74, 6) is 4.47. The van der Waals surface area contributed by atoms with Gasteiger partial charge in [0.15, 0.2) is 11.5 Å². The second-order valence-electron chi connectivity index (χ2n) is 6.87. The fraction of sp³-hybridized carbons (Fsp3) is 0.579. The summed E-state index contributed by atoms with van der Waals surface area (Å²) in [6.07, 6.45) is 4.71. The molecule has 134 valence electrons. The molecule has 1 aromatic heterocycles. The van der Waals surface area contributed by atoms with Gasteiger partial charge in [0.2, 0.25) is 0 Å². The Hall–Kier alpha value is -2.08. The smallest absolute Gasteiger partial charge is 0.161 e. The largest absolute Gasteiger partial charge is 0.493 e. The van der Waals surface area contributed by atoms with Crippen molar-refractivity contribution in [3.05, 3.63) is 35.9 Å². The molecule has 25 heavy (non-hydrogen) atoms. The van der Waals surface area contributed by atoms with E-state index >= 15 is 0 Å². The van der Waals surface area contributed by atoms with E-state index in [4.69, 9.17) is 9.47 Å². The Labute approximate surface area is 148 Å². The summed E-state index contributed by atoms with van der Waals surface area (Å²) < 4.78 is 13.6. The predicted molar refractivity (Wildman–Crippen MR) is 95.2 cm³/mol. The lowest BCUT2D eigenvalue weighted by Crippen LogP contribution is -2.37. The molecule has 0 spiro atoms. The average Bonchev–Trinajstić information content (AvgIpc) is 3.26. The Balaban J connectivity index is 1.32. The van der Waals surface area contributed by atoms with E-state index in [-0.39, 0.29) is 0 Å². The van der Waals surface area contributed by atoms with Crippen molar-refractivity contribution < 1.29 is 9.47 Å². The minimum atomic E-state index is 0.499. The molecule has 6 nitrogen and oxygen atoms in total. The van der Waals surface area contributed by atoms with E-state index in [0.717, 1.165) is 44.1 Å². The van der Waals surface area contributed by atoms with Crippen LogP contribution in [-0.2, 0) is 13.0 Å². The third kappa shape index (κ3) is 3.49. The first-order valence-electron chi connectivity index (χ1n) is 9.25. The molecule has 1 saturated heterocycles. The van der Waals surface area contributed by atoms with Crippen molar-refractivity contribution in [1.29, 1.82) is 0 Å². The maximum Gasteiger partial charge on any atom is 0.161 e. The number of rotatable bonds is 6. The van der Waals surface area contributed by atoms with Gasteiger partial charge in [0.25, 0.3) is 0 Å². The van der Waals surface area contributed by atoms with Crippen molar-refractivity contribution >= 4 is 0 Å². The van der Waals surface area contributed by atoms with Gasteiger partial charge in [-0.2, -0.15) is 0 Å². The zero-order chi connectivity index (χ0) is 17.1. The number of likely N-dealkylation sites (tertiary alicyclic amines) is 1. The van der Waals surface area contributed by atoms with Gasteiger partial charge in [0, 0.05) is 32.0 Å². The minimum absolute atomic E-state index is 0.499. The zero-order valence-corrected chi connectivity index (χ0v) is 14.9. The van der Waals surface area contributed by atoms with Crippen LogP contribution in [0.3, 0.4) is 0 Å². The van der Waals surface area contributed by atoms with E-state index in [2.05, 4.69) is 19.7 Å². The highest BCUT2D eigenvalue weighted by molar-refractivity contribution is 5.39. The molecule has 2 aliphatic heterocycles. The summed E-state index contributed by atoms with van der Waals surface area (Å²) in [6, 6.07) is 7.81. The summed E-state index contributed by atoms with van der Waals surface area (Å²) in [5, 5.41) is 8.86. The number of benzene rings is 1. The fourth-order valence-electron chi connectivity index (χ4n) is 3.97. The van der Waals surface area contributed by atoms with Crippen LogP contribution in [0.2, 0.25) is 0 Å². The number of fused-ring (bicyclic) bond motifs is 1. The summed E-state index contributed by atoms with van der Waals surface area (Å²) in [4.78, 5) is 2.49. The second kappa shape index (κ2) is 7.44. The molecule has 1 fully saturated rings. The lowest BCUT2D eigenvalue weighted by molar-refractivity contribution is 0.164. The minimum Gasteiger partial charge on any atom is -0.493 e. The Morgan fingerprint density at radius 2 is 2.00 bits per heavy atom. The molecule has 3 heterocycles. The maximum atomic E-state index is 5.93. The fourth-order valence-corrected chi connectivity index (χ4v) is 3.97. The molecule has 4 rings (SSSR count). The van der Waals surface area contributed by atoms with Crippen LogP contribution in [-0.4, -0.2) is 53.0 Å². The number of hydrogen-bond donors (Lipinski definition) is 0. The van der Waals surface area contributed by atoms with E-state index in [1.165, 1.54) is 30.9 Å². The lowest BCUT2D eigenvalue weighted by Gasteiger charge is -2.32. The van der Waals surface area contributed by atoms with Crippen molar-refractivity contribution in [3.8, 4) is 11.5 Å². The zero-order valence-electron chi connectivity index (χ0n) is 14.9. The Bertz CT molecular complexity index is 715. The molecule has 0 radical (unpaired) electrons. The molecule has 2 aromatic rings. The number of para-hydroxylation sites is 2. The van der Waals surface area contributed by atoms with Gasteiger partial charge >= 0.3 is 0 Å². The van der Waals surface area contributed by atoms with Crippen molar-refractivity contribution in [1.82, 2.24) is 19.7 Å². The molecular formula is C19H26N4O2. The second-order valence-corrected chi connectivity index (χ2v) is 6.87. The maximum absolute atomic E-state index is 5.93. The molecule has 0 bridgehead atoms. The van der Waals surface area contributed by atoms with E-state index in [9.17, 15) is 0 Å². The monoisotopic (exact) mass is 342 g/mol. The average molecular weight is 342 g/mol. The first-order chi connectivity index (χ1) is 12.3. The SMILES string of the molecule is COc1ccccc1OCCN1CCC[C@@H](c2nnc3n2CCC3)C1. The Kier molecular flexibility index (Phi) is 4.88. The van der Waals surface area contributed by atoms with Crippen LogP contribution in [0.4, 0.5) is 0 Å². The van der Waals surface area contributed by atoms with E-state index < -0.39 is 0 Å². The normalized spacial score (nSPS) is 20.4. The number of nitrogens with zero attached hydrogens (tertiary/aromatic N) is 4. The highest BCUT2D eigenvalue weighted by atomic mass is 16.5. The van der Waals surface area contributed by atoms with Crippen LogP contribution >= 0.6 is 0 Å². The summed E-state index contributed by atoms with van der Waals surface area (Å²) in [7, 11) is 1.68. The van der Waals surface area contributed by atoms with Crippen molar-refractivity contribution in [3.63, 3.8) is 0 Å². The number of methoxy groups -OCH3 is 1. The van der Waals surface area contributed by atoms with Gasteiger partial charge < -0.3 is 14.0 Å².